The topological polar surface area (TPSA) is 130 Å². The van der Waals surface area contributed by atoms with Gasteiger partial charge in [0.25, 0.3) is 15.7 Å². The lowest BCUT2D eigenvalue weighted by Crippen LogP contribution is -2.52. The summed E-state index contributed by atoms with van der Waals surface area (Å²) >= 11 is 12.3. The van der Waals surface area contributed by atoms with Crippen molar-refractivity contribution >= 4 is 56.4 Å². The van der Waals surface area contributed by atoms with E-state index >= 15 is 0 Å². The van der Waals surface area contributed by atoms with Crippen LogP contribution in [0.4, 0.5) is 11.4 Å². The summed E-state index contributed by atoms with van der Waals surface area (Å²) in [6, 6.07) is 16.3. The maximum atomic E-state index is 14.0. The first kappa shape index (κ1) is 31.3. The van der Waals surface area contributed by atoms with Crippen LogP contribution in [0.5, 0.6) is 0 Å². The summed E-state index contributed by atoms with van der Waals surface area (Å²) in [5.41, 5.74) is 0.405. The predicted octanol–water partition coefficient (Wildman–Crippen LogP) is 5.57. The Bertz CT molecular complexity index is 1550. The van der Waals surface area contributed by atoms with Crippen LogP contribution in [0.1, 0.15) is 38.2 Å². The molecule has 4 rings (SSSR count). The molecule has 0 unspecified atom stereocenters. The highest BCUT2D eigenvalue weighted by atomic mass is 35.5. The maximum Gasteiger partial charge on any atom is 0.269 e. The molecule has 0 aromatic heterocycles. The van der Waals surface area contributed by atoms with Crippen LogP contribution in [0, 0.1) is 10.1 Å². The number of halogens is 2. The number of non-ortho nitro benzene ring substituents is 1. The van der Waals surface area contributed by atoms with Crippen molar-refractivity contribution in [2.75, 3.05) is 10.8 Å². The van der Waals surface area contributed by atoms with Gasteiger partial charge in [0, 0.05) is 24.7 Å². The summed E-state index contributed by atoms with van der Waals surface area (Å²) in [7, 11) is -4.29. The summed E-state index contributed by atoms with van der Waals surface area (Å²) in [5.74, 6) is -1.02. The normalized spacial score (nSPS) is 14.3. The Balaban J connectivity index is 1.70. The van der Waals surface area contributed by atoms with E-state index in [2.05, 4.69) is 5.32 Å². The third kappa shape index (κ3) is 7.39. The number of carbonyl (C=O) groups excluding carboxylic acids is 2. The van der Waals surface area contributed by atoms with Crippen LogP contribution in [-0.4, -0.2) is 48.7 Å². The van der Waals surface area contributed by atoms with Gasteiger partial charge in [0.05, 0.1) is 25.6 Å². The summed E-state index contributed by atoms with van der Waals surface area (Å²) in [6.45, 7) is 0.869. The number of rotatable bonds is 11. The van der Waals surface area contributed by atoms with Crippen molar-refractivity contribution in [3.05, 3.63) is 98.5 Å². The average Bonchev–Trinajstić information content (AvgIpc) is 3.49. The second-order valence-electron chi connectivity index (χ2n) is 10.0. The largest absolute Gasteiger partial charge is 0.352 e. The Labute approximate surface area is 254 Å². The number of benzene rings is 3. The molecule has 3 aromatic carbocycles. The number of nitro benzene ring substituents is 1. The molecule has 1 atom stereocenters. The van der Waals surface area contributed by atoms with E-state index in [9.17, 15) is 28.1 Å². The van der Waals surface area contributed by atoms with Crippen molar-refractivity contribution in [1.82, 2.24) is 10.2 Å². The molecule has 0 heterocycles. The summed E-state index contributed by atoms with van der Waals surface area (Å²) in [4.78, 5) is 39.1. The molecule has 0 bridgehead atoms. The Morgan fingerprint density at radius 3 is 2.24 bits per heavy atom. The van der Waals surface area contributed by atoms with Gasteiger partial charge in [-0.25, -0.2) is 8.42 Å². The fraction of sp³-hybridized carbons (Fsp3) is 0.310. The van der Waals surface area contributed by atoms with E-state index in [-0.39, 0.29) is 39.8 Å². The highest BCUT2D eigenvalue weighted by Crippen LogP contribution is 2.28. The molecule has 1 fully saturated rings. The van der Waals surface area contributed by atoms with Gasteiger partial charge >= 0.3 is 0 Å². The number of amides is 2. The van der Waals surface area contributed by atoms with Crippen molar-refractivity contribution in [3.63, 3.8) is 0 Å². The number of nitrogens with one attached hydrogen (secondary N) is 1. The van der Waals surface area contributed by atoms with E-state index in [0.29, 0.717) is 10.6 Å². The molecule has 2 amide bonds. The Kier molecular flexibility index (Phi) is 10.1. The van der Waals surface area contributed by atoms with Crippen LogP contribution < -0.4 is 9.62 Å². The number of hydrogen-bond donors (Lipinski definition) is 1. The van der Waals surface area contributed by atoms with Gasteiger partial charge in [-0.05, 0) is 61.7 Å². The molecular weight excluding hydrogens is 603 g/mol. The zero-order chi connectivity index (χ0) is 30.4. The molecule has 3 aromatic rings. The highest BCUT2D eigenvalue weighted by Gasteiger charge is 2.33. The van der Waals surface area contributed by atoms with Gasteiger partial charge in [0.2, 0.25) is 11.8 Å². The minimum Gasteiger partial charge on any atom is -0.352 e. The highest BCUT2D eigenvalue weighted by molar-refractivity contribution is 7.92. The maximum absolute atomic E-state index is 14.0. The summed E-state index contributed by atoms with van der Waals surface area (Å²) in [6.07, 6.45) is 3.71. The molecule has 1 aliphatic carbocycles. The van der Waals surface area contributed by atoms with Crippen molar-refractivity contribution in [2.24, 2.45) is 0 Å². The minimum absolute atomic E-state index is 0.0111. The number of anilines is 1. The van der Waals surface area contributed by atoms with Gasteiger partial charge in [0.1, 0.15) is 12.6 Å². The first-order valence-corrected chi connectivity index (χ1v) is 15.5. The molecule has 0 radical (unpaired) electrons. The third-order valence-corrected chi connectivity index (χ3v) is 9.69. The third-order valence-electron chi connectivity index (χ3n) is 7.16. The van der Waals surface area contributed by atoms with E-state index in [0.717, 1.165) is 30.0 Å². The second-order valence-corrected chi connectivity index (χ2v) is 12.7. The molecular formula is C29H30Cl2N4O6S. The van der Waals surface area contributed by atoms with Crippen LogP contribution in [0.15, 0.2) is 77.7 Å². The van der Waals surface area contributed by atoms with Crippen LogP contribution >= 0.6 is 23.2 Å². The quantitative estimate of drug-likeness (QED) is 0.217. The monoisotopic (exact) mass is 632 g/mol. The first-order chi connectivity index (χ1) is 20.0. The lowest BCUT2D eigenvalue weighted by molar-refractivity contribution is -0.384. The van der Waals surface area contributed by atoms with Crippen LogP contribution in [0.25, 0.3) is 0 Å². The van der Waals surface area contributed by atoms with Gasteiger partial charge in [-0.2, -0.15) is 0 Å². The standard InChI is InChI=1S/C29H30Cl2N4O6S/c1-20(29(37)32-22-7-5-6-8-22)33(18-21-11-16-26(30)27(31)17-21)28(36)19-34(23-12-14-24(15-13-23)35(38)39)42(40,41)25-9-3-2-4-10-25/h2-4,9-17,20,22H,5-8,18-19H2,1H3,(H,32,37)/t20-/m0/s1. The number of nitrogens with zero attached hydrogens (tertiary/aromatic N) is 3. The van der Waals surface area contributed by atoms with Gasteiger partial charge in [-0.3, -0.25) is 24.0 Å². The van der Waals surface area contributed by atoms with E-state index < -0.39 is 33.4 Å². The Morgan fingerprint density at radius 1 is 1.00 bits per heavy atom. The zero-order valence-electron chi connectivity index (χ0n) is 22.8. The van der Waals surface area contributed by atoms with Crippen molar-refractivity contribution in [1.29, 1.82) is 0 Å². The molecule has 0 aliphatic heterocycles. The lowest BCUT2D eigenvalue weighted by atomic mass is 10.1. The average molecular weight is 634 g/mol. The minimum atomic E-state index is -4.29. The second kappa shape index (κ2) is 13.5. The number of sulfonamides is 1. The molecule has 1 N–H and O–H groups in total. The van der Waals surface area contributed by atoms with Crippen LogP contribution in [0.3, 0.4) is 0 Å². The molecule has 0 saturated heterocycles. The van der Waals surface area contributed by atoms with Crippen molar-refractivity contribution in [2.45, 2.75) is 56.1 Å². The van der Waals surface area contributed by atoms with Crippen molar-refractivity contribution < 1.29 is 22.9 Å². The molecule has 1 saturated carbocycles. The molecule has 222 valence electrons. The lowest BCUT2D eigenvalue weighted by Gasteiger charge is -2.32. The van der Waals surface area contributed by atoms with Crippen molar-refractivity contribution in [3.8, 4) is 0 Å². The molecule has 0 spiro atoms. The number of hydrogen-bond acceptors (Lipinski definition) is 6. The molecule has 1 aliphatic rings. The van der Waals surface area contributed by atoms with E-state index in [4.69, 9.17) is 23.2 Å². The van der Waals surface area contributed by atoms with Crippen LogP contribution in [0.2, 0.25) is 10.0 Å². The molecule has 42 heavy (non-hydrogen) atoms. The Hall–Kier alpha value is -3.67. The smallest absolute Gasteiger partial charge is 0.269 e. The summed E-state index contributed by atoms with van der Waals surface area (Å²) in [5, 5.41) is 14.8. The number of carbonyl (C=O) groups is 2. The predicted molar refractivity (Wildman–Crippen MR) is 161 cm³/mol. The van der Waals surface area contributed by atoms with E-state index in [1.165, 1.54) is 41.3 Å². The summed E-state index contributed by atoms with van der Waals surface area (Å²) < 4.78 is 28.5. The zero-order valence-corrected chi connectivity index (χ0v) is 25.1. The molecule has 10 nitrogen and oxygen atoms in total. The molecule has 13 heteroatoms. The first-order valence-electron chi connectivity index (χ1n) is 13.3. The van der Waals surface area contributed by atoms with Gasteiger partial charge < -0.3 is 10.2 Å². The number of nitro groups is 1. The van der Waals surface area contributed by atoms with Gasteiger partial charge in [-0.1, -0.05) is 60.3 Å². The fourth-order valence-corrected chi connectivity index (χ4v) is 6.55. The Morgan fingerprint density at radius 2 is 1.64 bits per heavy atom. The van der Waals surface area contributed by atoms with Gasteiger partial charge in [0.15, 0.2) is 0 Å². The van der Waals surface area contributed by atoms with Gasteiger partial charge in [-0.15, -0.1) is 0 Å². The van der Waals surface area contributed by atoms with E-state index in [1.54, 1.807) is 43.3 Å². The van der Waals surface area contributed by atoms with E-state index in [1.807, 2.05) is 0 Å². The fourth-order valence-electron chi connectivity index (χ4n) is 4.80. The van der Waals surface area contributed by atoms with Crippen LogP contribution in [-0.2, 0) is 26.2 Å². The SMILES string of the molecule is C[C@@H](C(=O)NC1CCCC1)N(Cc1ccc(Cl)c(Cl)c1)C(=O)CN(c1ccc([N+](=O)[O-])cc1)S(=O)(=O)c1ccccc1.